The Kier molecular flexibility index (Phi) is 4.31. The van der Waals surface area contributed by atoms with Gasteiger partial charge in [-0.15, -0.1) is 0 Å². The van der Waals surface area contributed by atoms with E-state index in [1.54, 1.807) is 18.3 Å². The minimum absolute atomic E-state index is 0.209. The van der Waals surface area contributed by atoms with Crippen molar-refractivity contribution >= 4 is 5.97 Å². The number of imidazole rings is 1. The molecule has 1 aliphatic rings. The van der Waals surface area contributed by atoms with Gasteiger partial charge in [0.2, 0.25) is 0 Å². The third kappa shape index (κ3) is 3.52. The molecule has 0 aliphatic carbocycles. The predicted molar refractivity (Wildman–Crippen MR) is 82.3 cm³/mol. The first kappa shape index (κ1) is 15.5. The van der Waals surface area contributed by atoms with Crippen LogP contribution in [0.2, 0.25) is 0 Å². The first-order chi connectivity index (χ1) is 11.0. The average molecular weight is 317 g/mol. The number of aliphatic hydroxyl groups excluding tert-OH is 1. The van der Waals surface area contributed by atoms with Crippen molar-refractivity contribution in [1.29, 1.82) is 0 Å². The summed E-state index contributed by atoms with van der Waals surface area (Å²) < 4.78 is 7.74. The van der Waals surface area contributed by atoms with E-state index < -0.39 is 12.1 Å². The maximum absolute atomic E-state index is 10.8. The van der Waals surface area contributed by atoms with E-state index in [9.17, 15) is 9.90 Å². The maximum atomic E-state index is 10.8. The molecule has 1 aliphatic heterocycles. The Hall–Kier alpha value is -2.38. The summed E-state index contributed by atoms with van der Waals surface area (Å²) in [7, 11) is 1.94. The summed E-state index contributed by atoms with van der Waals surface area (Å²) in [5, 5.41) is 19.1. The van der Waals surface area contributed by atoms with Gasteiger partial charge >= 0.3 is 5.97 Å². The van der Waals surface area contributed by atoms with Crippen molar-refractivity contribution < 1.29 is 19.7 Å². The molecular weight excluding hydrogens is 298 g/mol. The number of hydrogen-bond donors (Lipinski definition) is 2. The quantitative estimate of drug-likeness (QED) is 0.846. The van der Waals surface area contributed by atoms with Crippen LogP contribution in [0, 0.1) is 0 Å². The lowest BCUT2D eigenvalue weighted by Crippen LogP contribution is -2.30. The normalized spacial score (nSPS) is 21.5. The zero-order chi connectivity index (χ0) is 16.4. The van der Waals surface area contributed by atoms with Crippen molar-refractivity contribution in [1.82, 2.24) is 14.5 Å². The van der Waals surface area contributed by atoms with Gasteiger partial charge < -0.3 is 19.5 Å². The molecule has 122 valence electrons. The van der Waals surface area contributed by atoms with Gasteiger partial charge in [-0.25, -0.2) is 9.78 Å². The minimum atomic E-state index is -0.973. The van der Waals surface area contributed by atoms with E-state index in [-0.39, 0.29) is 11.7 Å². The molecule has 3 rings (SSSR count). The molecule has 1 aromatic carbocycles. The molecular formula is C16H19N3O4. The molecule has 0 unspecified atom stereocenters. The Morgan fingerprint density at radius 2 is 2.09 bits per heavy atom. The van der Waals surface area contributed by atoms with E-state index in [0.717, 1.165) is 5.82 Å². The Labute approximate surface area is 133 Å². The fourth-order valence-electron chi connectivity index (χ4n) is 2.68. The summed E-state index contributed by atoms with van der Waals surface area (Å²) in [4.78, 5) is 17.2. The first-order valence-corrected chi connectivity index (χ1v) is 7.39. The number of aliphatic hydroxyl groups is 1. The Morgan fingerprint density at radius 3 is 2.70 bits per heavy atom. The van der Waals surface area contributed by atoms with Crippen molar-refractivity contribution in [3.8, 4) is 5.75 Å². The number of aryl methyl sites for hydroxylation is 1. The van der Waals surface area contributed by atoms with Crippen LogP contribution in [0.15, 0.2) is 36.7 Å². The van der Waals surface area contributed by atoms with Gasteiger partial charge in [-0.1, -0.05) is 0 Å². The van der Waals surface area contributed by atoms with Crippen LogP contribution in [0.4, 0.5) is 0 Å². The Morgan fingerprint density at radius 1 is 1.35 bits per heavy atom. The summed E-state index contributed by atoms with van der Waals surface area (Å²) in [6, 6.07) is 6.20. The SMILES string of the molecule is Cn1ccnc1CN1C[C@@H](O)[C@H](Oc2ccc(C(=O)O)cc2)C1. The van der Waals surface area contributed by atoms with E-state index in [1.807, 2.05) is 17.8 Å². The molecule has 7 heteroatoms. The van der Waals surface area contributed by atoms with Gasteiger partial charge in [0.15, 0.2) is 0 Å². The molecule has 1 saturated heterocycles. The summed E-state index contributed by atoms with van der Waals surface area (Å²) in [5.74, 6) is 0.514. The number of aromatic nitrogens is 2. The van der Waals surface area contributed by atoms with Crippen LogP contribution >= 0.6 is 0 Å². The second kappa shape index (κ2) is 6.39. The van der Waals surface area contributed by atoms with Crippen LogP contribution in [-0.2, 0) is 13.6 Å². The maximum Gasteiger partial charge on any atom is 0.335 e. The molecule has 0 saturated carbocycles. The number of ether oxygens (including phenoxy) is 1. The van der Waals surface area contributed by atoms with E-state index in [4.69, 9.17) is 9.84 Å². The largest absolute Gasteiger partial charge is 0.486 e. The fraction of sp³-hybridized carbons (Fsp3) is 0.375. The van der Waals surface area contributed by atoms with Crippen molar-refractivity contribution in [2.75, 3.05) is 13.1 Å². The summed E-state index contributed by atoms with van der Waals surface area (Å²) >= 11 is 0. The minimum Gasteiger partial charge on any atom is -0.486 e. The molecule has 0 spiro atoms. The van der Waals surface area contributed by atoms with Gasteiger partial charge in [-0.2, -0.15) is 0 Å². The second-order valence-electron chi connectivity index (χ2n) is 5.70. The second-order valence-corrected chi connectivity index (χ2v) is 5.70. The number of carboxylic acids is 1. The molecule has 2 atom stereocenters. The zero-order valence-electron chi connectivity index (χ0n) is 12.8. The first-order valence-electron chi connectivity index (χ1n) is 7.39. The number of rotatable bonds is 5. The number of carbonyl (C=O) groups is 1. The van der Waals surface area contributed by atoms with E-state index in [0.29, 0.717) is 25.4 Å². The third-order valence-corrected chi connectivity index (χ3v) is 3.99. The van der Waals surface area contributed by atoms with Gasteiger partial charge in [-0.05, 0) is 24.3 Å². The van der Waals surface area contributed by atoms with Crippen LogP contribution < -0.4 is 4.74 Å². The molecule has 0 bridgehead atoms. The highest BCUT2D eigenvalue weighted by atomic mass is 16.5. The molecule has 23 heavy (non-hydrogen) atoms. The molecule has 7 nitrogen and oxygen atoms in total. The summed E-state index contributed by atoms with van der Waals surface area (Å²) in [6.07, 6.45) is 2.71. The highest BCUT2D eigenvalue weighted by Crippen LogP contribution is 2.20. The van der Waals surface area contributed by atoms with Crippen LogP contribution in [0.1, 0.15) is 16.2 Å². The highest BCUT2D eigenvalue weighted by molar-refractivity contribution is 5.87. The number of hydrogen-bond acceptors (Lipinski definition) is 5. The summed E-state index contributed by atoms with van der Waals surface area (Å²) in [6.45, 7) is 1.76. The van der Waals surface area contributed by atoms with Gasteiger partial charge in [0.1, 0.15) is 23.8 Å². The zero-order valence-corrected chi connectivity index (χ0v) is 12.8. The predicted octanol–water partition coefficient (Wildman–Crippen LogP) is 0.742. The lowest BCUT2D eigenvalue weighted by molar-refractivity contribution is 0.0693. The average Bonchev–Trinajstić information content (AvgIpc) is 3.07. The van der Waals surface area contributed by atoms with Crippen LogP contribution in [0.3, 0.4) is 0 Å². The van der Waals surface area contributed by atoms with Gasteiger partial charge in [0.25, 0.3) is 0 Å². The number of nitrogens with zero attached hydrogens (tertiary/aromatic N) is 3. The van der Waals surface area contributed by atoms with Crippen LogP contribution in [0.25, 0.3) is 0 Å². The molecule has 2 heterocycles. The molecule has 2 N–H and O–H groups in total. The Balaban J connectivity index is 1.60. The number of likely N-dealkylation sites (tertiary alicyclic amines) is 1. The third-order valence-electron chi connectivity index (χ3n) is 3.99. The van der Waals surface area contributed by atoms with Crippen molar-refractivity contribution in [3.63, 3.8) is 0 Å². The highest BCUT2D eigenvalue weighted by Gasteiger charge is 2.33. The number of aromatic carboxylic acids is 1. The number of carboxylic acid groups (broad SMARTS) is 1. The van der Waals surface area contributed by atoms with E-state index in [1.165, 1.54) is 12.1 Å². The fourth-order valence-corrected chi connectivity index (χ4v) is 2.68. The lowest BCUT2D eigenvalue weighted by Gasteiger charge is -2.17. The van der Waals surface area contributed by atoms with Crippen molar-refractivity contribution in [2.24, 2.45) is 7.05 Å². The topological polar surface area (TPSA) is 87.8 Å². The molecule has 0 amide bonds. The van der Waals surface area contributed by atoms with Gasteiger partial charge in [0.05, 0.1) is 12.1 Å². The number of benzene rings is 1. The van der Waals surface area contributed by atoms with E-state index in [2.05, 4.69) is 9.88 Å². The monoisotopic (exact) mass is 317 g/mol. The smallest absolute Gasteiger partial charge is 0.335 e. The molecule has 2 aromatic rings. The standard InChI is InChI=1S/C16H19N3O4/c1-18-7-6-17-15(18)10-19-8-13(20)14(9-19)23-12-4-2-11(3-5-12)16(21)22/h2-7,13-14,20H,8-10H2,1H3,(H,21,22)/t13-,14-/m1/s1. The van der Waals surface area contributed by atoms with Gasteiger partial charge in [0, 0.05) is 32.5 Å². The Bertz CT molecular complexity index is 683. The van der Waals surface area contributed by atoms with Gasteiger partial charge in [-0.3, -0.25) is 4.90 Å². The van der Waals surface area contributed by atoms with Crippen molar-refractivity contribution in [3.05, 3.63) is 48.0 Å². The summed E-state index contributed by atoms with van der Waals surface area (Å²) in [5.41, 5.74) is 0.209. The number of β-amino-alcohol motifs (C(OH)–C–C–N with tert-alkyl or cyclic N) is 1. The molecule has 0 radical (unpaired) electrons. The molecule has 1 aromatic heterocycles. The van der Waals surface area contributed by atoms with Crippen molar-refractivity contribution in [2.45, 2.75) is 18.8 Å². The van der Waals surface area contributed by atoms with Crippen LogP contribution in [0.5, 0.6) is 5.75 Å². The van der Waals surface area contributed by atoms with E-state index >= 15 is 0 Å². The lowest BCUT2D eigenvalue weighted by atomic mass is 10.2. The molecule has 1 fully saturated rings. The van der Waals surface area contributed by atoms with Crippen LogP contribution in [-0.4, -0.2) is 55.9 Å².